The number of halogens is 1. The molecule has 1 saturated heterocycles. The molecular formula is C14H20FN3O. The average Bonchev–Trinajstić information content (AvgIpc) is 2.38. The summed E-state index contributed by atoms with van der Waals surface area (Å²) in [6, 6.07) is 4.11. The Kier molecular flexibility index (Phi) is 4.04. The molecule has 1 heterocycles. The summed E-state index contributed by atoms with van der Waals surface area (Å²) in [5, 5.41) is 2.86. The molecule has 1 aromatic carbocycles. The molecule has 1 amide bonds. The van der Waals surface area contributed by atoms with E-state index in [4.69, 9.17) is 5.73 Å². The van der Waals surface area contributed by atoms with Crippen LogP contribution in [-0.4, -0.2) is 25.0 Å². The van der Waals surface area contributed by atoms with Crippen LogP contribution in [0.25, 0.3) is 0 Å². The molecule has 1 fully saturated rings. The highest BCUT2D eigenvalue weighted by Gasteiger charge is 2.29. The second kappa shape index (κ2) is 5.57. The second-order valence-corrected chi connectivity index (χ2v) is 4.90. The molecule has 0 aliphatic carbocycles. The number of hydrogen-bond donors (Lipinski definition) is 2. The molecule has 2 rings (SSSR count). The van der Waals surface area contributed by atoms with Crippen LogP contribution in [0.1, 0.15) is 31.9 Å². The van der Waals surface area contributed by atoms with Crippen LogP contribution in [0.5, 0.6) is 0 Å². The summed E-state index contributed by atoms with van der Waals surface area (Å²) in [7, 11) is 0. The van der Waals surface area contributed by atoms with E-state index in [1.807, 2.05) is 18.7 Å². The minimum atomic E-state index is -0.300. The number of nitrogens with zero attached hydrogens (tertiary/aromatic N) is 1. The first-order chi connectivity index (χ1) is 9.04. The maximum absolute atomic E-state index is 13.4. The van der Waals surface area contributed by atoms with Crippen molar-refractivity contribution in [3.05, 3.63) is 29.6 Å². The predicted molar refractivity (Wildman–Crippen MR) is 73.4 cm³/mol. The van der Waals surface area contributed by atoms with Crippen molar-refractivity contribution in [3.63, 3.8) is 0 Å². The molecular weight excluding hydrogens is 245 g/mol. The highest BCUT2D eigenvalue weighted by Crippen LogP contribution is 2.29. The zero-order valence-corrected chi connectivity index (χ0v) is 11.3. The fourth-order valence-corrected chi connectivity index (χ4v) is 2.56. The van der Waals surface area contributed by atoms with Crippen molar-refractivity contribution in [1.29, 1.82) is 0 Å². The van der Waals surface area contributed by atoms with E-state index in [1.54, 1.807) is 6.07 Å². The summed E-state index contributed by atoms with van der Waals surface area (Å²) < 4.78 is 13.4. The van der Waals surface area contributed by atoms with Crippen LogP contribution in [0, 0.1) is 5.82 Å². The number of amides is 1. The molecule has 0 spiro atoms. The van der Waals surface area contributed by atoms with E-state index in [1.165, 1.54) is 12.1 Å². The number of nitrogens with two attached hydrogens (primary N) is 1. The Morgan fingerprint density at radius 3 is 2.95 bits per heavy atom. The highest BCUT2D eigenvalue weighted by molar-refractivity contribution is 5.86. The normalized spacial score (nSPS) is 21.2. The number of carbonyl (C=O) groups is 1. The summed E-state index contributed by atoms with van der Waals surface area (Å²) >= 11 is 0. The molecule has 0 radical (unpaired) electrons. The zero-order valence-electron chi connectivity index (χ0n) is 11.3. The SMILES string of the molecule is CCC1C(=O)NCCN1c1ccc(F)cc1[C@@H](C)N. The summed E-state index contributed by atoms with van der Waals surface area (Å²) in [6.45, 7) is 5.11. The van der Waals surface area contributed by atoms with Gasteiger partial charge < -0.3 is 16.0 Å². The maximum atomic E-state index is 13.4. The van der Waals surface area contributed by atoms with Gasteiger partial charge in [-0.2, -0.15) is 0 Å². The Bertz CT molecular complexity index is 476. The Morgan fingerprint density at radius 2 is 2.32 bits per heavy atom. The quantitative estimate of drug-likeness (QED) is 0.872. The summed E-state index contributed by atoms with van der Waals surface area (Å²) in [5.41, 5.74) is 7.52. The molecule has 1 aromatic rings. The minimum absolute atomic E-state index is 0.0219. The van der Waals surface area contributed by atoms with Crippen molar-refractivity contribution in [2.24, 2.45) is 5.73 Å². The molecule has 1 unspecified atom stereocenters. The van der Waals surface area contributed by atoms with Crippen molar-refractivity contribution in [1.82, 2.24) is 5.32 Å². The first-order valence-corrected chi connectivity index (χ1v) is 6.64. The van der Waals surface area contributed by atoms with Crippen molar-refractivity contribution in [2.75, 3.05) is 18.0 Å². The minimum Gasteiger partial charge on any atom is -0.357 e. The Labute approximate surface area is 112 Å². The van der Waals surface area contributed by atoms with E-state index in [0.717, 1.165) is 17.8 Å². The number of benzene rings is 1. The van der Waals surface area contributed by atoms with Gasteiger partial charge in [-0.3, -0.25) is 4.79 Å². The maximum Gasteiger partial charge on any atom is 0.242 e. The number of rotatable bonds is 3. The molecule has 19 heavy (non-hydrogen) atoms. The summed E-state index contributed by atoms with van der Waals surface area (Å²) in [5.74, 6) is -0.278. The lowest BCUT2D eigenvalue weighted by Crippen LogP contribution is -2.55. The lowest BCUT2D eigenvalue weighted by Gasteiger charge is -2.38. The fraction of sp³-hybridized carbons (Fsp3) is 0.500. The van der Waals surface area contributed by atoms with Crippen molar-refractivity contribution >= 4 is 11.6 Å². The van der Waals surface area contributed by atoms with Gasteiger partial charge in [-0.15, -0.1) is 0 Å². The number of hydrogen-bond acceptors (Lipinski definition) is 3. The van der Waals surface area contributed by atoms with E-state index in [0.29, 0.717) is 13.0 Å². The third kappa shape index (κ3) is 2.71. The van der Waals surface area contributed by atoms with Crippen LogP contribution in [0.3, 0.4) is 0 Å². The van der Waals surface area contributed by atoms with Crippen molar-refractivity contribution in [2.45, 2.75) is 32.4 Å². The Morgan fingerprint density at radius 1 is 1.58 bits per heavy atom. The summed E-state index contributed by atoms with van der Waals surface area (Å²) in [4.78, 5) is 13.9. The standard InChI is InChI=1S/C14H20FN3O/c1-3-12-14(19)17-6-7-18(12)13-5-4-10(15)8-11(13)9(2)16/h4-5,8-9,12H,3,6-7,16H2,1-2H3,(H,17,19)/t9-,12?/m1/s1. The predicted octanol–water partition coefficient (Wildman–Crippen LogP) is 1.56. The van der Waals surface area contributed by atoms with Crippen LogP contribution in [0.15, 0.2) is 18.2 Å². The molecule has 1 aliphatic heterocycles. The highest BCUT2D eigenvalue weighted by atomic mass is 19.1. The van der Waals surface area contributed by atoms with Gasteiger partial charge in [-0.25, -0.2) is 4.39 Å². The van der Waals surface area contributed by atoms with Gasteiger partial charge in [0, 0.05) is 24.8 Å². The lowest BCUT2D eigenvalue weighted by atomic mass is 10.0. The third-order valence-corrected chi connectivity index (χ3v) is 3.51. The monoisotopic (exact) mass is 265 g/mol. The van der Waals surface area contributed by atoms with Gasteiger partial charge in [0.1, 0.15) is 11.9 Å². The fourth-order valence-electron chi connectivity index (χ4n) is 2.56. The van der Waals surface area contributed by atoms with Gasteiger partial charge in [0.15, 0.2) is 0 Å². The van der Waals surface area contributed by atoms with Crippen LogP contribution < -0.4 is 16.0 Å². The Hall–Kier alpha value is -1.62. The topological polar surface area (TPSA) is 58.4 Å². The van der Waals surface area contributed by atoms with E-state index in [9.17, 15) is 9.18 Å². The van der Waals surface area contributed by atoms with E-state index in [-0.39, 0.29) is 23.8 Å². The molecule has 104 valence electrons. The van der Waals surface area contributed by atoms with Gasteiger partial charge >= 0.3 is 0 Å². The number of piperazine rings is 1. The second-order valence-electron chi connectivity index (χ2n) is 4.90. The molecule has 1 aliphatic rings. The van der Waals surface area contributed by atoms with E-state index < -0.39 is 0 Å². The lowest BCUT2D eigenvalue weighted by molar-refractivity contribution is -0.123. The molecule has 4 nitrogen and oxygen atoms in total. The van der Waals surface area contributed by atoms with Gasteiger partial charge in [0.2, 0.25) is 5.91 Å². The smallest absolute Gasteiger partial charge is 0.242 e. The zero-order chi connectivity index (χ0) is 14.0. The van der Waals surface area contributed by atoms with Crippen LogP contribution in [0.2, 0.25) is 0 Å². The molecule has 0 bridgehead atoms. The molecule has 0 saturated carbocycles. The van der Waals surface area contributed by atoms with Crippen molar-refractivity contribution < 1.29 is 9.18 Å². The largest absolute Gasteiger partial charge is 0.357 e. The third-order valence-electron chi connectivity index (χ3n) is 3.51. The number of anilines is 1. The number of nitrogens with one attached hydrogen (secondary N) is 1. The van der Waals surface area contributed by atoms with E-state index in [2.05, 4.69) is 5.32 Å². The van der Waals surface area contributed by atoms with E-state index >= 15 is 0 Å². The van der Waals surface area contributed by atoms with Gasteiger partial charge in [0.05, 0.1) is 0 Å². The first-order valence-electron chi connectivity index (χ1n) is 6.64. The molecule has 3 N–H and O–H groups in total. The van der Waals surface area contributed by atoms with Gasteiger partial charge in [0.25, 0.3) is 0 Å². The molecule has 0 aromatic heterocycles. The molecule has 2 atom stereocenters. The van der Waals surface area contributed by atoms with Gasteiger partial charge in [-0.1, -0.05) is 6.92 Å². The van der Waals surface area contributed by atoms with Crippen LogP contribution in [-0.2, 0) is 4.79 Å². The van der Waals surface area contributed by atoms with Crippen molar-refractivity contribution in [3.8, 4) is 0 Å². The summed E-state index contributed by atoms with van der Waals surface area (Å²) in [6.07, 6.45) is 0.710. The van der Waals surface area contributed by atoms with Gasteiger partial charge in [-0.05, 0) is 37.1 Å². The van der Waals surface area contributed by atoms with Crippen LogP contribution in [0.4, 0.5) is 10.1 Å². The van der Waals surface area contributed by atoms with Crippen LogP contribution >= 0.6 is 0 Å². The molecule has 5 heteroatoms. The average molecular weight is 265 g/mol. The first kappa shape index (κ1) is 13.8. The number of carbonyl (C=O) groups excluding carboxylic acids is 1. The Balaban J connectivity index is 2.42.